The van der Waals surface area contributed by atoms with E-state index in [9.17, 15) is 4.79 Å². The first-order valence-corrected chi connectivity index (χ1v) is 8.15. The third kappa shape index (κ3) is 4.59. The molecule has 0 atom stereocenters. The lowest BCUT2D eigenvalue weighted by Crippen LogP contribution is -2.12. The summed E-state index contributed by atoms with van der Waals surface area (Å²) >= 11 is 11.5. The average Bonchev–Trinajstić information content (AvgIpc) is 3.10. The van der Waals surface area contributed by atoms with Crippen LogP contribution in [0.15, 0.2) is 58.2 Å². The zero-order valence-electron chi connectivity index (χ0n) is 13.4. The summed E-state index contributed by atoms with van der Waals surface area (Å²) < 4.78 is 5.23. The Balaban J connectivity index is 1.65. The van der Waals surface area contributed by atoms with Crippen LogP contribution < -0.4 is 5.32 Å². The SMILES string of the molecule is CC(=NOC(=O)Nc1cc(Cl)nc(Cl)c1)c1cc(-c2ccccc2)no1. The van der Waals surface area contributed by atoms with Crippen LogP contribution in [0.1, 0.15) is 12.7 Å². The molecule has 0 aliphatic rings. The van der Waals surface area contributed by atoms with E-state index in [2.05, 4.69) is 20.6 Å². The molecule has 26 heavy (non-hydrogen) atoms. The quantitative estimate of drug-likeness (QED) is 0.292. The maximum absolute atomic E-state index is 11.8. The second-order valence-electron chi connectivity index (χ2n) is 5.12. The van der Waals surface area contributed by atoms with Crippen LogP contribution in [0.4, 0.5) is 10.5 Å². The number of amides is 1. The van der Waals surface area contributed by atoms with Crippen molar-refractivity contribution in [3.8, 4) is 11.3 Å². The summed E-state index contributed by atoms with van der Waals surface area (Å²) in [6.07, 6.45) is -0.814. The van der Waals surface area contributed by atoms with Crippen LogP contribution >= 0.6 is 23.2 Å². The predicted octanol–water partition coefficient (Wildman–Crippen LogP) is 5.02. The summed E-state index contributed by atoms with van der Waals surface area (Å²) in [6, 6.07) is 14.1. The van der Waals surface area contributed by atoms with Crippen LogP contribution in [-0.2, 0) is 4.84 Å². The Morgan fingerprint density at radius 2 is 1.85 bits per heavy atom. The molecular weight excluding hydrogens is 379 g/mol. The molecule has 9 heteroatoms. The largest absolute Gasteiger partial charge is 0.437 e. The van der Waals surface area contributed by atoms with Gasteiger partial charge in [0.05, 0.1) is 5.69 Å². The minimum Gasteiger partial charge on any atom is -0.354 e. The Kier molecular flexibility index (Phi) is 5.50. The molecule has 0 saturated heterocycles. The van der Waals surface area contributed by atoms with Gasteiger partial charge in [0.2, 0.25) is 0 Å². The smallest absolute Gasteiger partial charge is 0.354 e. The van der Waals surface area contributed by atoms with Crippen LogP contribution in [-0.4, -0.2) is 21.9 Å². The van der Waals surface area contributed by atoms with Crippen LogP contribution in [0.25, 0.3) is 11.3 Å². The van der Waals surface area contributed by atoms with E-state index in [-0.39, 0.29) is 10.3 Å². The maximum atomic E-state index is 11.8. The van der Waals surface area contributed by atoms with Gasteiger partial charge in [-0.05, 0) is 19.1 Å². The first kappa shape index (κ1) is 17.9. The van der Waals surface area contributed by atoms with Crippen molar-refractivity contribution in [3.05, 3.63) is 64.6 Å². The summed E-state index contributed by atoms with van der Waals surface area (Å²) in [4.78, 5) is 20.4. The van der Waals surface area contributed by atoms with Gasteiger partial charge in [0.1, 0.15) is 21.7 Å². The van der Waals surface area contributed by atoms with E-state index < -0.39 is 6.09 Å². The van der Waals surface area contributed by atoms with Gasteiger partial charge in [-0.1, -0.05) is 63.8 Å². The Hall–Kier alpha value is -2.90. The Morgan fingerprint density at radius 3 is 2.54 bits per heavy atom. The second-order valence-corrected chi connectivity index (χ2v) is 5.90. The van der Waals surface area contributed by atoms with Gasteiger partial charge in [0.15, 0.2) is 5.76 Å². The number of carbonyl (C=O) groups is 1. The summed E-state index contributed by atoms with van der Waals surface area (Å²) in [7, 11) is 0. The van der Waals surface area contributed by atoms with Gasteiger partial charge in [0.25, 0.3) is 0 Å². The zero-order valence-corrected chi connectivity index (χ0v) is 15.0. The summed E-state index contributed by atoms with van der Waals surface area (Å²) in [6.45, 7) is 1.63. The van der Waals surface area contributed by atoms with Gasteiger partial charge < -0.3 is 4.52 Å². The normalized spacial score (nSPS) is 11.3. The molecule has 132 valence electrons. The van der Waals surface area contributed by atoms with Crippen molar-refractivity contribution >= 4 is 40.7 Å². The number of rotatable bonds is 4. The Bertz CT molecular complexity index is 937. The van der Waals surface area contributed by atoms with E-state index in [0.29, 0.717) is 22.9 Å². The van der Waals surface area contributed by atoms with Crippen molar-refractivity contribution in [1.82, 2.24) is 10.1 Å². The molecule has 0 aliphatic heterocycles. The fraction of sp³-hybridized carbons (Fsp3) is 0.0588. The van der Waals surface area contributed by atoms with Gasteiger partial charge in [0, 0.05) is 11.6 Å². The van der Waals surface area contributed by atoms with Gasteiger partial charge >= 0.3 is 6.09 Å². The van der Waals surface area contributed by atoms with E-state index in [0.717, 1.165) is 5.56 Å². The molecule has 0 bridgehead atoms. The number of benzene rings is 1. The molecular formula is C17H12Cl2N4O3. The second kappa shape index (κ2) is 7.99. The molecule has 2 heterocycles. The van der Waals surface area contributed by atoms with Gasteiger partial charge in [-0.2, -0.15) is 0 Å². The number of nitrogens with zero attached hydrogens (tertiary/aromatic N) is 3. The Labute approximate surface area is 158 Å². The van der Waals surface area contributed by atoms with E-state index in [4.69, 9.17) is 32.6 Å². The topological polar surface area (TPSA) is 89.6 Å². The van der Waals surface area contributed by atoms with E-state index in [1.54, 1.807) is 13.0 Å². The number of oxime groups is 1. The summed E-state index contributed by atoms with van der Waals surface area (Å²) in [5.74, 6) is 0.381. The molecule has 1 N–H and O–H groups in total. The molecule has 3 aromatic rings. The van der Waals surface area contributed by atoms with Gasteiger partial charge in [-0.15, -0.1) is 0 Å². The fourth-order valence-corrected chi connectivity index (χ4v) is 2.48. The number of anilines is 1. The van der Waals surface area contributed by atoms with E-state index in [1.807, 2.05) is 30.3 Å². The molecule has 0 saturated carbocycles. The summed E-state index contributed by atoms with van der Waals surface area (Å²) in [5.41, 5.74) is 2.24. The molecule has 3 rings (SSSR count). The number of nitrogens with one attached hydrogen (secondary N) is 1. The van der Waals surface area contributed by atoms with E-state index in [1.165, 1.54) is 12.1 Å². The number of pyridine rings is 1. The monoisotopic (exact) mass is 390 g/mol. The lowest BCUT2D eigenvalue weighted by molar-refractivity contribution is 0.166. The van der Waals surface area contributed by atoms with Gasteiger partial charge in [-0.25, -0.2) is 9.78 Å². The van der Waals surface area contributed by atoms with E-state index >= 15 is 0 Å². The molecule has 1 amide bonds. The lowest BCUT2D eigenvalue weighted by atomic mass is 10.1. The molecule has 1 aromatic carbocycles. The number of hydrogen-bond acceptors (Lipinski definition) is 6. The van der Waals surface area contributed by atoms with Crippen LogP contribution in [0, 0.1) is 0 Å². The standard InChI is InChI=1S/C17H12Cl2N4O3/c1-10(14-9-13(23-25-14)11-5-3-2-4-6-11)22-26-17(24)20-12-7-15(18)21-16(19)8-12/h2-9H,1H3,(H,20,21,24). The maximum Gasteiger partial charge on any atom is 0.437 e. The first-order valence-electron chi connectivity index (χ1n) is 7.39. The van der Waals surface area contributed by atoms with Crippen molar-refractivity contribution in [2.24, 2.45) is 5.16 Å². The van der Waals surface area contributed by atoms with Crippen molar-refractivity contribution in [3.63, 3.8) is 0 Å². The van der Waals surface area contributed by atoms with Crippen LogP contribution in [0.3, 0.4) is 0 Å². The third-order valence-corrected chi connectivity index (χ3v) is 3.60. The van der Waals surface area contributed by atoms with Crippen LogP contribution in [0.2, 0.25) is 10.3 Å². The summed E-state index contributed by atoms with van der Waals surface area (Å²) in [5, 5.41) is 10.4. The molecule has 0 radical (unpaired) electrons. The lowest BCUT2D eigenvalue weighted by Gasteiger charge is -2.03. The molecule has 0 aliphatic carbocycles. The molecule has 2 aromatic heterocycles. The third-order valence-electron chi connectivity index (χ3n) is 3.21. The van der Waals surface area contributed by atoms with Gasteiger partial charge in [-0.3, -0.25) is 10.2 Å². The van der Waals surface area contributed by atoms with Crippen molar-refractivity contribution in [2.75, 3.05) is 5.32 Å². The zero-order chi connectivity index (χ0) is 18.5. The minimum absolute atomic E-state index is 0.141. The number of hydrogen-bond donors (Lipinski definition) is 1. The van der Waals surface area contributed by atoms with Crippen molar-refractivity contribution in [1.29, 1.82) is 0 Å². The highest BCUT2D eigenvalue weighted by atomic mass is 35.5. The number of aromatic nitrogens is 2. The molecule has 0 spiro atoms. The Morgan fingerprint density at radius 1 is 1.15 bits per heavy atom. The highest BCUT2D eigenvalue weighted by molar-refractivity contribution is 6.32. The molecule has 0 unspecified atom stereocenters. The highest BCUT2D eigenvalue weighted by Gasteiger charge is 2.11. The number of halogens is 2. The fourth-order valence-electron chi connectivity index (χ4n) is 2.02. The van der Waals surface area contributed by atoms with Crippen molar-refractivity contribution in [2.45, 2.75) is 6.92 Å². The first-order chi connectivity index (χ1) is 12.5. The highest BCUT2D eigenvalue weighted by Crippen LogP contribution is 2.20. The average molecular weight is 391 g/mol. The number of carbonyl (C=O) groups excluding carboxylic acids is 1. The molecule has 7 nitrogen and oxygen atoms in total. The van der Waals surface area contributed by atoms with Crippen LogP contribution in [0.5, 0.6) is 0 Å². The van der Waals surface area contributed by atoms with Crippen molar-refractivity contribution < 1.29 is 14.2 Å². The predicted molar refractivity (Wildman–Crippen MR) is 98.5 cm³/mol. The molecule has 0 fully saturated rings. The minimum atomic E-state index is -0.814.